The molecular weight excluding hydrogens is 368 g/mol. The lowest BCUT2D eigenvalue weighted by atomic mass is 9.94. The lowest BCUT2D eigenvalue weighted by molar-refractivity contribution is 0.0423. The van der Waals surface area contributed by atoms with Gasteiger partial charge in [0.05, 0.1) is 24.1 Å². The van der Waals surface area contributed by atoms with Gasteiger partial charge in [-0.1, -0.05) is 31.5 Å². The van der Waals surface area contributed by atoms with E-state index in [0.717, 1.165) is 24.2 Å². The third-order valence-corrected chi connectivity index (χ3v) is 4.78. The molecule has 0 aromatic carbocycles. The van der Waals surface area contributed by atoms with Gasteiger partial charge in [-0.2, -0.15) is 5.10 Å². The molecule has 2 rings (SSSR count). The van der Waals surface area contributed by atoms with Crippen molar-refractivity contribution < 1.29 is 14.6 Å². The molecule has 0 bridgehead atoms. The maximum Gasteiger partial charge on any atom is 0.289 e. The van der Waals surface area contributed by atoms with Crippen molar-refractivity contribution in [2.24, 2.45) is 5.92 Å². The van der Waals surface area contributed by atoms with Crippen molar-refractivity contribution in [2.45, 2.75) is 59.1 Å². The molecule has 0 fully saturated rings. The van der Waals surface area contributed by atoms with E-state index >= 15 is 0 Å². The Morgan fingerprint density at radius 1 is 1.41 bits per heavy atom. The van der Waals surface area contributed by atoms with E-state index in [2.05, 4.69) is 12.0 Å². The summed E-state index contributed by atoms with van der Waals surface area (Å²) in [5.74, 6) is 1.34. The zero-order chi connectivity index (χ0) is 20.2. The molecule has 1 aliphatic rings. The van der Waals surface area contributed by atoms with Crippen molar-refractivity contribution in [2.75, 3.05) is 13.2 Å². The highest BCUT2D eigenvalue weighted by molar-refractivity contribution is 6.31. The third kappa shape index (κ3) is 5.36. The number of ether oxygens (including phenoxy) is 2. The second-order valence-corrected chi connectivity index (χ2v) is 8.21. The Hall–Kier alpha value is -1.79. The maximum absolute atomic E-state index is 12.4. The number of rotatable bonds is 7. The molecule has 1 aliphatic carbocycles. The fourth-order valence-corrected chi connectivity index (χ4v) is 2.98. The first-order valence-corrected chi connectivity index (χ1v) is 9.63. The predicted octanol–water partition coefficient (Wildman–Crippen LogP) is 3.67. The van der Waals surface area contributed by atoms with Gasteiger partial charge >= 0.3 is 0 Å². The summed E-state index contributed by atoms with van der Waals surface area (Å²) in [5.41, 5.74) is 0.257. The summed E-state index contributed by atoms with van der Waals surface area (Å²) in [6, 6.07) is 0. The van der Waals surface area contributed by atoms with Gasteiger partial charge < -0.3 is 14.6 Å². The molecule has 7 heteroatoms. The normalized spacial score (nSPS) is 18.6. The van der Waals surface area contributed by atoms with Gasteiger partial charge in [0.15, 0.2) is 10.8 Å². The summed E-state index contributed by atoms with van der Waals surface area (Å²) in [5, 5.41) is 13.5. The van der Waals surface area contributed by atoms with Crippen LogP contribution in [0, 0.1) is 5.92 Å². The summed E-state index contributed by atoms with van der Waals surface area (Å²) in [4.78, 5) is 12.4. The lowest BCUT2D eigenvalue weighted by Gasteiger charge is -2.26. The van der Waals surface area contributed by atoms with E-state index in [0.29, 0.717) is 6.61 Å². The zero-order valence-electron chi connectivity index (χ0n) is 16.7. The number of nitrogens with zero attached hydrogens (tertiary/aromatic N) is 2. The van der Waals surface area contributed by atoms with Crippen LogP contribution in [0.4, 0.5) is 0 Å². The summed E-state index contributed by atoms with van der Waals surface area (Å²) >= 11 is 6.19. The molecule has 0 aliphatic heterocycles. The number of allylic oxidation sites excluding steroid dienone is 3. The quantitative estimate of drug-likeness (QED) is 0.761. The first kappa shape index (κ1) is 21.5. The average molecular weight is 397 g/mol. The summed E-state index contributed by atoms with van der Waals surface area (Å²) in [6.07, 6.45) is 6.71. The standard InChI is InChI=1S/C20H29ClN2O4/c1-6-15(11-24)27-16-8-7-14(9-13(16)2)12-26-17-10-22-23(20(3,4)5)19(25)18(17)21/h7-8,10,13,15,24H,6,9,11-12H2,1-5H3. The van der Waals surface area contributed by atoms with Gasteiger partial charge in [0, 0.05) is 5.92 Å². The van der Waals surface area contributed by atoms with Crippen LogP contribution in [-0.2, 0) is 10.3 Å². The molecule has 1 heterocycles. The molecule has 0 saturated carbocycles. The minimum atomic E-state index is -0.452. The Bertz CT molecular complexity index is 773. The first-order chi connectivity index (χ1) is 12.7. The number of hydrogen-bond acceptors (Lipinski definition) is 5. The average Bonchev–Trinajstić information content (AvgIpc) is 2.61. The Balaban J connectivity index is 2.07. The van der Waals surface area contributed by atoms with Crippen LogP contribution in [0.1, 0.15) is 47.5 Å². The van der Waals surface area contributed by atoms with E-state index in [1.54, 1.807) is 0 Å². The Morgan fingerprint density at radius 2 is 2.11 bits per heavy atom. The van der Waals surface area contributed by atoms with E-state index in [4.69, 9.17) is 21.1 Å². The minimum Gasteiger partial charge on any atom is -0.492 e. The predicted molar refractivity (Wildman–Crippen MR) is 106 cm³/mol. The number of hydrogen-bond donors (Lipinski definition) is 1. The van der Waals surface area contributed by atoms with Crippen molar-refractivity contribution in [1.82, 2.24) is 9.78 Å². The van der Waals surface area contributed by atoms with E-state index in [1.165, 1.54) is 10.9 Å². The van der Waals surface area contributed by atoms with Gasteiger partial charge in [0.1, 0.15) is 12.7 Å². The van der Waals surface area contributed by atoms with Gasteiger partial charge in [-0.05, 0) is 45.3 Å². The summed E-state index contributed by atoms with van der Waals surface area (Å²) < 4.78 is 12.9. The largest absolute Gasteiger partial charge is 0.492 e. The Kier molecular flexibility index (Phi) is 7.12. The molecule has 0 amide bonds. The molecule has 6 nitrogen and oxygen atoms in total. The monoisotopic (exact) mass is 396 g/mol. The first-order valence-electron chi connectivity index (χ1n) is 9.25. The smallest absolute Gasteiger partial charge is 0.289 e. The molecule has 0 radical (unpaired) electrons. The number of aliphatic hydroxyl groups is 1. The van der Waals surface area contributed by atoms with Crippen molar-refractivity contribution in [3.05, 3.63) is 45.1 Å². The second-order valence-electron chi connectivity index (χ2n) is 7.83. The van der Waals surface area contributed by atoms with Crippen LogP contribution < -0.4 is 10.3 Å². The van der Waals surface area contributed by atoms with Crippen molar-refractivity contribution in [3.8, 4) is 5.75 Å². The highest BCUT2D eigenvalue weighted by atomic mass is 35.5. The Morgan fingerprint density at radius 3 is 2.67 bits per heavy atom. The summed E-state index contributed by atoms with van der Waals surface area (Å²) in [6.45, 7) is 10.0. The molecule has 1 aromatic heterocycles. The number of aromatic nitrogens is 2. The van der Waals surface area contributed by atoms with Crippen LogP contribution in [0.2, 0.25) is 5.02 Å². The number of aliphatic hydroxyl groups excluding tert-OH is 1. The van der Waals surface area contributed by atoms with Crippen LogP contribution in [0.3, 0.4) is 0 Å². The van der Waals surface area contributed by atoms with Crippen LogP contribution in [0.5, 0.6) is 5.75 Å². The molecule has 2 atom stereocenters. The second kappa shape index (κ2) is 8.93. The fraction of sp³-hybridized carbons (Fsp3) is 0.600. The zero-order valence-corrected chi connectivity index (χ0v) is 17.4. The van der Waals surface area contributed by atoms with Crippen molar-refractivity contribution in [1.29, 1.82) is 0 Å². The highest BCUT2D eigenvalue weighted by Crippen LogP contribution is 2.28. The van der Waals surface area contributed by atoms with Gasteiger partial charge in [-0.3, -0.25) is 4.79 Å². The molecule has 1 aromatic rings. The van der Waals surface area contributed by atoms with Gasteiger partial charge in [-0.15, -0.1) is 0 Å². The number of halogens is 1. The fourth-order valence-electron chi connectivity index (χ4n) is 2.80. The Labute approximate surface area is 165 Å². The van der Waals surface area contributed by atoms with E-state index in [-0.39, 0.29) is 35.0 Å². The molecule has 27 heavy (non-hydrogen) atoms. The third-order valence-electron chi connectivity index (χ3n) is 4.43. The lowest BCUT2D eigenvalue weighted by Crippen LogP contribution is -2.36. The van der Waals surface area contributed by atoms with Gasteiger partial charge in [0.2, 0.25) is 0 Å². The molecule has 2 unspecified atom stereocenters. The van der Waals surface area contributed by atoms with Gasteiger partial charge in [-0.25, -0.2) is 4.68 Å². The van der Waals surface area contributed by atoms with Crippen molar-refractivity contribution in [3.63, 3.8) is 0 Å². The van der Waals surface area contributed by atoms with Crippen LogP contribution in [0.25, 0.3) is 0 Å². The topological polar surface area (TPSA) is 73.6 Å². The molecule has 0 spiro atoms. The molecule has 0 saturated heterocycles. The molecular formula is C20H29ClN2O4. The van der Waals surface area contributed by atoms with Gasteiger partial charge in [0.25, 0.3) is 5.56 Å². The van der Waals surface area contributed by atoms with E-state index in [1.807, 2.05) is 39.8 Å². The molecule has 150 valence electrons. The summed E-state index contributed by atoms with van der Waals surface area (Å²) in [7, 11) is 0. The SMILES string of the molecule is CCC(CO)OC1=CC=C(COc2cnn(C(C)(C)C)c(=O)c2Cl)CC1C. The minimum absolute atomic E-state index is 0.00580. The maximum atomic E-state index is 12.4. The van der Waals surface area contributed by atoms with E-state index in [9.17, 15) is 9.90 Å². The van der Waals surface area contributed by atoms with E-state index < -0.39 is 5.54 Å². The van der Waals surface area contributed by atoms with Crippen LogP contribution in [0.15, 0.2) is 34.5 Å². The molecule has 1 N–H and O–H groups in total. The van der Waals surface area contributed by atoms with Crippen LogP contribution in [-0.4, -0.2) is 34.2 Å². The van der Waals surface area contributed by atoms with Crippen molar-refractivity contribution >= 4 is 11.6 Å². The highest BCUT2D eigenvalue weighted by Gasteiger charge is 2.22. The van der Waals surface area contributed by atoms with Crippen LogP contribution >= 0.6 is 11.6 Å².